The van der Waals surface area contributed by atoms with E-state index in [1.54, 1.807) is 12.1 Å². The van der Waals surface area contributed by atoms with E-state index in [4.69, 9.17) is 28.5 Å². The smallest absolute Gasteiger partial charge is 0.303 e. The molecule has 0 spiro atoms. The maximum atomic E-state index is 12.9. The van der Waals surface area contributed by atoms with Crippen LogP contribution in [0.1, 0.15) is 38.5 Å². The van der Waals surface area contributed by atoms with Crippen molar-refractivity contribution >= 4 is 29.1 Å². The molecule has 0 radical (unpaired) electrons. The Morgan fingerprint density at radius 2 is 2.00 bits per heavy atom. The van der Waals surface area contributed by atoms with Crippen LogP contribution in [0.4, 0.5) is 10.1 Å². The standard InChI is InChI=1S/C19H20ClFN2O3/c1-2-17(24)23(19(18(22)25)7-3-4-8-19)13-5-6-16(15(20)11-13)26-14-9-12(21)10-14/h1,5-6,11-12,14H,3-4,7-10H2,(H2,22,25). The van der Waals surface area contributed by atoms with E-state index in [1.165, 1.54) is 11.0 Å². The third-order valence-corrected chi connectivity index (χ3v) is 5.44. The summed E-state index contributed by atoms with van der Waals surface area (Å²) in [6.45, 7) is 0. The summed E-state index contributed by atoms with van der Waals surface area (Å²) in [5, 5.41) is 0.261. The number of carbonyl (C=O) groups excluding carboxylic acids is 2. The van der Waals surface area contributed by atoms with Crippen molar-refractivity contribution in [3.05, 3.63) is 23.2 Å². The Kier molecular flexibility index (Phi) is 5.10. The molecule has 2 fully saturated rings. The number of amides is 2. The minimum Gasteiger partial charge on any atom is -0.489 e. The van der Waals surface area contributed by atoms with Gasteiger partial charge in [-0.2, -0.15) is 0 Å². The van der Waals surface area contributed by atoms with Gasteiger partial charge in [0.2, 0.25) is 5.91 Å². The first-order chi connectivity index (χ1) is 12.4. The Balaban J connectivity index is 1.92. The molecule has 2 amide bonds. The zero-order valence-electron chi connectivity index (χ0n) is 14.2. The first-order valence-corrected chi connectivity index (χ1v) is 8.96. The van der Waals surface area contributed by atoms with Crippen LogP contribution in [-0.2, 0) is 9.59 Å². The van der Waals surface area contributed by atoms with Crippen LogP contribution in [0.15, 0.2) is 18.2 Å². The average Bonchev–Trinajstić information content (AvgIpc) is 3.06. The van der Waals surface area contributed by atoms with Crippen molar-refractivity contribution in [1.29, 1.82) is 0 Å². The van der Waals surface area contributed by atoms with Crippen molar-refractivity contribution in [2.24, 2.45) is 5.73 Å². The summed E-state index contributed by atoms with van der Waals surface area (Å²) in [6, 6.07) is 4.75. The van der Waals surface area contributed by atoms with Crippen LogP contribution in [0.3, 0.4) is 0 Å². The van der Waals surface area contributed by atoms with Crippen LogP contribution in [0.5, 0.6) is 5.75 Å². The first kappa shape index (κ1) is 18.5. The number of alkyl halides is 1. The highest BCUT2D eigenvalue weighted by Gasteiger charge is 2.47. The molecule has 1 aromatic rings. The van der Waals surface area contributed by atoms with Crippen molar-refractivity contribution in [3.63, 3.8) is 0 Å². The predicted molar refractivity (Wildman–Crippen MR) is 96.7 cm³/mol. The second-order valence-corrected chi connectivity index (χ2v) is 7.22. The van der Waals surface area contributed by atoms with Gasteiger partial charge in [-0.1, -0.05) is 24.4 Å². The lowest BCUT2D eigenvalue weighted by Gasteiger charge is -2.38. The van der Waals surface area contributed by atoms with E-state index in [0.717, 1.165) is 12.8 Å². The summed E-state index contributed by atoms with van der Waals surface area (Å²) in [4.78, 5) is 25.9. The van der Waals surface area contributed by atoms with Crippen LogP contribution in [0.25, 0.3) is 0 Å². The van der Waals surface area contributed by atoms with Gasteiger partial charge in [0.1, 0.15) is 23.6 Å². The van der Waals surface area contributed by atoms with E-state index in [-0.39, 0.29) is 11.1 Å². The first-order valence-electron chi connectivity index (χ1n) is 8.58. The van der Waals surface area contributed by atoms with Gasteiger partial charge in [-0.25, -0.2) is 4.39 Å². The fourth-order valence-electron chi connectivity index (χ4n) is 3.67. The predicted octanol–water partition coefficient (Wildman–Crippen LogP) is 2.98. The Morgan fingerprint density at radius 1 is 1.35 bits per heavy atom. The molecule has 0 unspecified atom stereocenters. The topological polar surface area (TPSA) is 72.6 Å². The highest BCUT2D eigenvalue weighted by atomic mass is 35.5. The van der Waals surface area contributed by atoms with Crippen molar-refractivity contribution in [1.82, 2.24) is 0 Å². The number of nitrogens with two attached hydrogens (primary N) is 1. The number of ether oxygens (including phenoxy) is 1. The van der Waals surface area contributed by atoms with Gasteiger partial charge < -0.3 is 10.5 Å². The van der Waals surface area contributed by atoms with Crippen LogP contribution < -0.4 is 15.4 Å². The van der Waals surface area contributed by atoms with Gasteiger partial charge in [0.15, 0.2) is 0 Å². The van der Waals surface area contributed by atoms with Crippen molar-refractivity contribution in [2.45, 2.75) is 56.3 Å². The summed E-state index contributed by atoms with van der Waals surface area (Å²) in [5.74, 6) is 1.25. The Morgan fingerprint density at radius 3 is 2.50 bits per heavy atom. The summed E-state index contributed by atoms with van der Waals surface area (Å²) >= 11 is 6.29. The van der Waals surface area contributed by atoms with Crippen LogP contribution in [-0.4, -0.2) is 29.6 Å². The summed E-state index contributed by atoms with van der Waals surface area (Å²) in [7, 11) is 0. The van der Waals surface area contributed by atoms with Crippen LogP contribution in [0, 0.1) is 12.3 Å². The van der Waals surface area contributed by atoms with Gasteiger partial charge in [0.05, 0.1) is 5.02 Å². The van der Waals surface area contributed by atoms with E-state index in [9.17, 15) is 14.0 Å². The second-order valence-electron chi connectivity index (χ2n) is 6.81. The molecule has 138 valence electrons. The molecule has 0 saturated heterocycles. The van der Waals surface area contributed by atoms with E-state index >= 15 is 0 Å². The molecule has 0 bridgehead atoms. The van der Waals surface area contributed by atoms with Gasteiger partial charge in [0.25, 0.3) is 0 Å². The molecular weight excluding hydrogens is 359 g/mol. The average molecular weight is 379 g/mol. The summed E-state index contributed by atoms with van der Waals surface area (Å²) < 4.78 is 18.6. The molecule has 2 N–H and O–H groups in total. The van der Waals surface area contributed by atoms with Crippen molar-refractivity contribution < 1.29 is 18.7 Å². The quantitative estimate of drug-likeness (QED) is 0.800. The van der Waals surface area contributed by atoms with E-state index < -0.39 is 23.5 Å². The molecule has 2 aliphatic rings. The lowest BCUT2D eigenvalue weighted by atomic mass is 9.92. The zero-order valence-corrected chi connectivity index (χ0v) is 15.0. The summed E-state index contributed by atoms with van der Waals surface area (Å²) in [5.41, 5.74) is 4.88. The number of anilines is 1. The second kappa shape index (κ2) is 7.16. The molecule has 7 heteroatoms. The van der Waals surface area contributed by atoms with Gasteiger partial charge in [-0.15, -0.1) is 6.42 Å². The number of terminal acetylenes is 1. The van der Waals surface area contributed by atoms with Crippen molar-refractivity contribution in [2.75, 3.05) is 4.90 Å². The van der Waals surface area contributed by atoms with Gasteiger partial charge >= 0.3 is 5.91 Å². The molecule has 0 aromatic heterocycles. The fourth-order valence-corrected chi connectivity index (χ4v) is 3.88. The van der Waals surface area contributed by atoms with E-state index in [2.05, 4.69) is 5.92 Å². The molecule has 0 heterocycles. The fraction of sp³-hybridized carbons (Fsp3) is 0.474. The molecule has 3 rings (SSSR count). The number of hydrogen-bond donors (Lipinski definition) is 1. The maximum absolute atomic E-state index is 12.9. The number of benzene rings is 1. The van der Waals surface area contributed by atoms with E-state index in [0.29, 0.717) is 37.1 Å². The number of rotatable bonds is 5. The lowest BCUT2D eigenvalue weighted by molar-refractivity contribution is -0.126. The van der Waals surface area contributed by atoms with E-state index in [1.807, 2.05) is 0 Å². The Labute approximate surface area is 156 Å². The molecule has 2 aliphatic carbocycles. The highest BCUT2D eigenvalue weighted by molar-refractivity contribution is 6.32. The highest BCUT2D eigenvalue weighted by Crippen LogP contribution is 2.41. The molecule has 2 saturated carbocycles. The number of hydrogen-bond acceptors (Lipinski definition) is 3. The largest absolute Gasteiger partial charge is 0.489 e. The normalized spacial score (nSPS) is 23.6. The Bertz CT molecular complexity index is 765. The number of carbonyl (C=O) groups is 2. The molecule has 5 nitrogen and oxygen atoms in total. The summed E-state index contributed by atoms with van der Waals surface area (Å²) in [6.07, 6.45) is 7.41. The molecule has 0 aliphatic heterocycles. The third kappa shape index (κ3) is 3.24. The van der Waals surface area contributed by atoms with Gasteiger partial charge in [-0.05, 0) is 37.0 Å². The minimum absolute atomic E-state index is 0.205. The van der Waals surface area contributed by atoms with Crippen LogP contribution >= 0.6 is 11.6 Å². The minimum atomic E-state index is -1.15. The van der Waals surface area contributed by atoms with Gasteiger partial charge in [-0.3, -0.25) is 14.5 Å². The molecule has 0 atom stereocenters. The monoisotopic (exact) mass is 378 g/mol. The Hall–Kier alpha value is -2.26. The molecular formula is C19H20ClFN2O3. The number of halogens is 2. The third-order valence-electron chi connectivity index (χ3n) is 5.15. The van der Waals surface area contributed by atoms with Gasteiger partial charge in [0, 0.05) is 18.5 Å². The number of nitrogens with zero attached hydrogens (tertiary/aromatic N) is 1. The zero-order chi connectivity index (χ0) is 18.9. The molecule has 1 aromatic carbocycles. The molecule has 26 heavy (non-hydrogen) atoms. The van der Waals surface area contributed by atoms with Crippen LogP contribution in [0.2, 0.25) is 5.02 Å². The maximum Gasteiger partial charge on any atom is 0.303 e. The lowest BCUT2D eigenvalue weighted by Crippen LogP contribution is -2.58. The van der Waals surface area contributed by atoms with Crippen molar-refractivity contribution in [3.8, 4) is 18.1 Å². The SMILES string of the molecule is C#CC(=O)N(c1ccc(OC2CC(F)C2)c(Cl)c1)C1(C(N)=O)CCCC1. The number of primary amides is 1.